The highest BCUT2D eigenvalue weighted by atomic mass is 19.1. The second-order valence-corrected chi connectivity index (χ2v) is 5.28. The average Bonchev–Trinajstić information content (AvgIpc) is 2.86. The predicted molar refractivity (Wildman–Crippen MR) is 84.7 cm³/mol. The van der Waals surface area contributed by atoms with Crippen molar-refractivity contribution in [2.24, 2.45) is 0 Å². The highest BCUT2D eigenvalue weighted by Crippen LogP contribution is 2.18. The second kappa shape index (κ2) is 6.56. The van der Waals surface area contributed by atoms with E-state index in [-0.39, 0.29) is 11.7 Å². The van der Waals surface area contributed by atoms with Crippen molar-refractivity contribution in [2.75, 3.05) is 13.1 Å². The van der Waals surface area contributed by atoms with Crippen molar-refractivity contribution in [1.29, 1.82) is 0 Å². The third-order valence-corrected chi connectivity index (χ3v) is 3.45. The monoisotopic (exact) mass is 301 g/mol. The first kappa shape index (κ1) is 15.9. The van der Waals surface area contributed by atoms with Crippen molar-refractivity contribution in [2.45, 2.75) is 20.8 Å². The number of nitrogens with zero attached hydrogens (tertiary/aromatic N) is 3. The van der Waals surface area contributed by atoms with Crippen LogP contribution >= 0.6 is 0 Å². The molecule has 2 rings (SSSR count). The lowest BCUT2D eigenvalue weighted by Gasteiger charge is -2.20. The normalized spacial score (nSPS) is 10.5. The van der Waals surface area contributed by atoms with E-state index in [0.29, 0.717) is 30.0 Å². The average molecular weight is 301 g/mol. The number of likely N-dealkylation sites (N-methyl/N-ethyl adjacent to an activating group) is 1. The van der Waals surface area contributed by atoms with E-state index in [9.17, 15) is 9.18 Å². The first-order chi connectivity index (χ1) is 10.5. The van der Waals surface area contributed by atoms with Crippen LogP contribution < -0.4 is 0 Å². The maximum absolute atomic E-state index is 13.9. The van der Waals surface area contributed by atoms with Crippen LogP contribution in [0.25, 0.3) is 5.69 Å². The smallest absolute Gasteiger partial charge is 0.257 e. The van der Waals surface area contributed by atoms with Gasteiger partial charge in [-0.15, -0.1) is 0 Å². The third-order valence-electron chi connectivity index (χ3n) is 3.45. The standard InChI is InChI=1S/C17H20FN3O/c1-5-20(11-12(2)3)17(22)14-10-19-21(13(14)4)16-9-7-6-8-15(16)18/h6-10H,2,5,11H2,1,3-4H3. The second-order valence-electron chi connectivity index (χ2n) is 5.28. The van der Waals surface area contributed by atoms with Gasteiger partial charge < -0.3 is 4.90 Å². The molecular weight excluding hydrogens is 281 g/mol. The van der Waals surface area contributed by atoms with E-state index in [4.69, 9.17) is 0 Å². The van der Waals surface area contributed by atoms with Crippen LogP contribution in [0.1, 0.15) is 29.9 Å². The van der Waals surface area contributed by atoms with E-state index in [1.54, 1.807) is 30.0 Å². The number of amides is 1. The Balaban J connectivity index is 2.37. The minimum absolute atomic E-state index is 0.120. The minimum atomic E-state index is -0.373. The Bertz CT molecular complexity index is 706. The zero-order valence-corrected chi connectivity index (χ0v) is 13.1. The fraction of sp³-hybridized carbons (Fsp3) is 0.294. The third kappa shape index (κ3) is 3.08. The molecule has 0 saturated carbocycles. The zero-order chi connectivity index (χ0) is 16.3. The van der Waals surface area contributed by atoms with Crippen molar-refractivity contribution in [3.63, 3.8) is 0 Å². The number of hydrogen-bond acceptors (Lipinski definition) is 2. The summed E-state index contributed by atoms with van der Waals surface area (Å²) in [5.74, 6) is -0.493. The van der Waals surface area contributed by atoms with Gasteiger partial charge in [-0.25, -0.2) is 9.07 Å². The molecule has 1 aromatic carbocycles. The van der Waals surface area contributed by atoms with Gasteiger partial charge in [0.05, 0.1) is 17.5 Å². The predicted octanol–water partition coefficient (Wildman–Crippen LogP) is 3.36. The Morgan fingerprint density at radius 2 is 2.09 bits per heavy atom. The highest BCUT2D eigenvalue weighted by molar-refractivity contribution is 5.95. The molecule has 0 fully saturated rings. The quantitative estimate of drug-likeness (QED) is 0.794. The van der Waals surface area contributed by atoms with Crippen LogP contribution in [0, 0.1) is 12.7 Å². The van der Waals surface area contributed by atoms with E-state index in [2.05, 4.69) is 11.7 Å². The Morgan fingerprint density at radius 1 is 1.41 bits per heavy atom. The molecule has 0 aliphatic rings. The Morgan fingerprint density at radius 3 is 2.68 bits per heavy atom. The van der Waals surface area contributed by atoms with Gasteiger partial charge in [0.1, 0.15) is 11.5 Å². The van der Waals surface area contributed by atoms with E-state index >= 15 is 0 Å². The summed E-state index contributed by atoms with van der Waals surface area (Å²) in [6, 6.07) is 6.36. The van der Waals surface area contributed by atoms with Gasteiger partial charge in [0.2, 0.25) is 0 Å². The molecule has 4 nitrogen and oxygen atoms in total. The number of rotatable bonds is 5. The summed E-state index contributed by atoms with van der Waals surface area (Å²) in [7, 11) is 0. The maximum atomic E-state index is 13.9. The van der Waals surface area contributed by atoms with Crippen LogP contribution in [-0.2, 0) is 0 Å². The number of carbonyl (C=O) groups is 1. The molecule has 0 radical (unpaired) electrons. The zero-order valence-electron chi connectivity index (χ0n) is 13.1. The molecule has 0 aliphatic carbocycles. The number of para-hydroxylation sites is 1. The summed E-state index contributed by atoms with van der Waals surface area (Å²) in [5.41, 5.74) is 2.35. The van der Waals surface area contributed by atoms with Crippen molar-refractivity contribution in [3.8, 4) is 5.69 Å². The van der Waals surface area contributed by atoms with Gasteiger partial charge in [0, 0.05) is 13.1 Å². The van der Waals surface area contributed by atoms with Gasteiger partial charge >= 0.3 is 0 Å². The van der Waals surface area contributed by atoms with Crippen molar-refractivity contribution < 1.29 is 9.18 Å². The fourth-order valence-electron chi connectivity index (χ4n) is 2.31. The fourth-order valence-corrected chi connectivity index (χ4v) is 2.31. The lowest BCUT2D eigenvalue weighted by molar-refractivity contribution is 0.0777. The Kier molecular flexibility index (Phi) is 4.75. The Labute approximate surface area is 129 Å². The maximum Gasteiger partial charge on any atom is 0.257 e. The summed E-state index contributed by atoms with van der Waals surface area (Å²) in [5, 5.41) is 4.17. The van der Waals surface area contributed by atoms with Crippen LogP contribution in [0.5, 0.6) is 0 Å². The molecule has 5 heteroatoms. The largest absolute Gasteiger partial charge is 0.335 e. The molecule has 0 saturated heterocycles. The van der Waals surface area contributed by atoms with Crippen LogP contribution in [0.3, 0.4) is 0 Å². The number of hydrogen-bond donors (Lipinski definition) is 0. The molecular formula is C17H20FN3O. The van der Waals surface area contributed by atoms with Crippen molar-refractivity contribution in [3.05, 3.63) is 59.7 Å². The summed E-state index contributed by atoms with van der Waals surface area (Å²) >= 11 is 0. The molecule has 1 aromatic heterocycles. The van der Waals surface area contributed by atoms with Gasteiger partial charge in [-0.3, -0.25) is 4.79 Å². The summed E-state index contributed by atoms with van der Waals surface area (Å²) in [6.07, 6.45) is 1.49. The molecule has 0 spiro atoms. The topological polar surface area (TPSA) is 38.1 Å². The first-order valence-electron chi connectivity index (χ1n) is 7.18. The highest BCUT2D eigenvalue weighted by Gasteiger charge is 2.20. The van der Waals surface area contributed by atoms with Gasteiger partial charge in [0.25, 0.3) is 5.91 Å². The minimum Gasteiger partial charge on any atom is -0.335 e. The van der Waals surface area contributed by atoms with E-state index in [1.165, 1.54) is 16.9 Å². The molecule has 1 amide bonds. The van der Waals surface area contributed by atoms with Gasteiger partial charge in [-0.1, -0.05) is 24.3 Å². The number of benzene rings is 1. The molecule has 0 unspecified atom stereocenters. The molecule has 0 bridgehead atoms. The summed E-state index contributed by atoms with van der Waals surface area (Å²) < 4.78 is 15.4. The lowest BCUT2D eigenvalue weighted by Crippen LogP contribution is -2.32. The van der Waals surface area contributed by atoms with Crippen LogP contribution in [-0.4, -0.2) is 33.7 Å². The number of carbonyl (C=O) groups excluding carboxylic acids is 1. The lowest BCUT2D eigenvalue weighted by atomic mass is 10.2. The number of aromatic nitrogens is 2. The first-order valence-corrected chi connectivity index (χ1v) is 7.18. The molecule has 0 atom stereocenters. The summed E-state index contributed by atoms with van der Waals surface area (Å²) in [4.78, 5) is 14.3. The van der Waals surface area contributed by atoms with Crippen molar-refractivity contribution >= 4 is 5.91 Å². The molecule has 1 heterocycles. The Hall–Kier alpha value is -2.43. The number of halogens is 1. The molecule has 0 N–H and O–H groups in total. The van der Waals surface area contributed by atoms with E-state index in [0.717, 1.165) is 5.57 Å². The van der Waals surface area contributed by atoms with Gasteiger partial charge in [-0.05, 0) is 32.9 Å². The van der Waals surface area contributed by atoms with E-state index < -0.39 is 0 Å². The molecule has 22 heavy (non-hydrogen) atoms. The summed E-state index contributed by atoms with van der Waals surface area (Å²) in [6.45, 7) is 10.5. The van der Waals surface area contributed by atoms with Gasteiger partial charge in [-0.2, -0.15) is 5.10 Å². The molecule has 2 aromatic rings. The SMILES string of the molecule is C=C(C)CN(CC)C(=O)c1cnn(-c2ccccc2F)c1C. The van der Waals surface area contributed by atoms with Crippen LogP contribution in [0.4, 0.5) is 4.39 Å². The van der Waals surface area contributed by atoms with E-state index in [1.807, 2.05) is 13.8 Å². The molecule has 116 valence electrons. The van der Waals surface area contributed by atoms with Crippen LogP contribution in [0.2, 0.25) is 0 Å². The molecule has 0 aliphatic heterocycles. The van der Waals surface area contributed by atoms with Crippen LogP contribution in [0.15, 0.2) is 42.6 Å². The van der Waals surface area contributed by atoms with Gasteiger partial charge in [0.15, 0.2) is 0 Å². The van der Waals surface area contributed by atoms with Crippen molar-refractivity contribution in [1.82, 2.24) is 14.7 Å².